The van der Waals surface area contributed by atoms with Gasteiger partial charge in [0, 0.05) is 6.42 Å². The van der Waals surface area contributed by atoms with Crippen LogP contribution in [0.25, 0.3) is 0 Å². The van der Waals surface area contributed by atoms with Crippen molar-refractivity contribution < 1.29 is 0 Å². The summed E-state index contributed by atoms with van der Waals surface area (Å²) in [6.45, 7) is 2.59. The average Bonchev–Trinajstić information content (AvgIpc) is 2.48. The second-order valence-corrected chi connectivity index (χ2v) is 2.51. The van der Waals surface area contributed by atoms with E-state index in [4.69, 9.17) is 5.73 Å². The van der Waals surface area contributed by atoms with E-state index in [1.807, 2.05) is 0 Å². The predicted molar refractivity (Wildman–Crippen MR) is 42.9 cm³/mol. The third-order valence-electron chi connectivity index (χ3n) is 1.53. The van der Waals surface area contributed by atoms with E-state index in [1.165, 1.54) is 6.42 Å². The Bertz CT molecular complexity index is 206. The fourth-order valence-corrected chi connectivity index (χ4v) is 0.873. The second-order valence-electron chi connectivity index (χ2n) is 2.51. The third-order valence-corrected chi connectivity index (χ3v) is 1.53. The topological polar surface area (TPSA) is 67.6 Å². The molecule has 0 aliphatic carbocycles. The van der Waals surface area contributed by atoms with E-state index >= 15 is 0 Å². The van der Waals surface area contributed by atoms with Gasteiger partial charge in [-0.05, 0) is 6.42 Å². The minimum absolute atomic E-state index is 0.444. The Morgan fingerprint density at radius 2 is 2.36 bits per heavy atom. The normalized spacial score (nSPS) is 10.4. The van der Waals surface area contributed by atoms with Crippen molar-refractivity contribution in [3.05, 3.63) is 11.6 Å². The Morgan fingerprint density at radius 3 is 2.91 bits per heavy atom. The smallest absolute Gasteiger partial charge is 0.150 e. The molecule has 0 atom stereocenters. The van der Waals surface area contributed by atoms with Gasteiger partial charge in [0.2, 0.25) is 0 Å². The van der Waals surface area contributed by atoms with E-state index in [2.05, 4.69) is 22.1 Å². The molecule has 0 fully saturated rings. The highest BCUT2D eigenvalue weighted by atomic mass is 15.2. The molecule has 0 radical (unpaired) electrons. The molecule has 0 unspecified atom stereocenters. The molecular weight excluding hydrogens is 140 g/mol. The molecule has 4 nitrogen and oxygen atoms in total. The van der Waals surface area contributed by atoms with Crippen LogP contribution in [0.2, 0.25) is 0 Å². The molecule has 0 amide bonds. The number of hydrogen-bond donors (Lipinski definition) is 2. The van der Waals surface area contributed by atoms with Crippen LogP contribution in [0.4, 0.5) is 0 Å². The van der Waals surface area contributed by atoms with Crippen molar-refractivity contribution in [1.29, 1.82) is 0 Å². The summed E-state index contributed by atoms with van der Waals surface area (Å²) >= 11 is 0. The number of unbranched alkanes of at least 4 members (excludes halogenated alkanes) is 1. The van der Waals surface area contributed by atoms with E-state index in [0.717, 1.165) is 24.5 Å². The Hall–Kier alpha value is -0.900. The number of nitrogens with one attached hydrogen (secondary N) is 1. The highest BCUT2D eigenvalue weighted by Gasteiger charge is 1.99. The minimum atomic E-state index is 0.444. The van der Waals surface area contributed by atoms with Crippen LogP contribution >= 0.6 is 0 Å². The van der Waals surface area contributed by atoms with Gasteiger partial charge >= 0.3 is 0 Å². The number of H-pyrrole nitrogens is 1. The first-order chi connectivity index (χ1) is 5.36. The molecule has 11 heavy (non-hydrogen) atoms. The maximum Gasteiger partial charge on any atom is 0.150 e. The van der Waals surface area contributed by atoms with Gasteiger partial charge in [-0.2, -0.15) is 5.10 Å². The maximum absolute atomic E-state index is 5.36. The van der Waals surface area contributed by atoms with Gasteiger partial charge in [0.25, 0.3) is 0 Å². The van der Waals surface area contributed by atoms with E-state index in [1.54, 1.807) is 0 Å². The Kier molecular flexibility index (Phi) is 3.04. The summed E-state index contributed by atoms with van der Waals surface area (Å²) in [4.78, 5) is 4.17. The summed E-state index contributed by atoms with van der Waals surface area (Å²) in [6.07, 6.45) is 3.27. The quantitative estimate of drug-likeness (QED) is 0.667. The molecular formula is C7H14N4. The zero-order chi connectivity index (χ0) is 8.10. The molecule has 0 aliphatic rings. The number of rotatable bonds is 4. The Labute approximate surface area is 66.2 Å². The number of aromatic amines is 1. The van der Waals surface area contributed by atoms with Gasteiger partial charge in [0.05, 0.1) is 6.54 Å². The van der Waals surface area contributed by atoms with E-state index < -0.39 is 0 Å². The number of aromatic nitrogens is 3. The Balaban J connectivity index is 2.44. The van der Waals surface area contributed by atoms with Gasteiger partial charge in [-0.25, -0.2) is 4.98 Å². The van der Waals surface area contributed by atoms with Crippen LogP contribution in [0, 0.1) is 0 Å². The Morgan fingerprint density at radius 1 is 1.55 bits per heavy atom. The molecule has 0 saturated heterocycles. The molecule has 4 heteroatoms. The summed E-state index contributed by atoms with van der Waals surface area (Å²) < 4.78 is 0. The SMILES string of the molecule is CCCCc1n[nH]c(CN)n1. The van der Waals surface area contributed by atoms with Crippen molar-refractivity contribution in [2.24, 2.45) is 5.73 Å². The maximum atomic E-state index is 5.36. The number of nitrogens with zero attached hydrogens (tertiary/aromatic N) is 2. The van der Waals surface area contributed by atoms with E-state index in [9.17, 15) is 0 Å². The molecule has 1 heterocycles. The predicted octanol–water partition coefficient (Wildman–Crippen LogP) is 0.606. The van der Waals surface area contributed by atoms with Crippen LogP contribution in [0.15, 0.2) is 0 Å². The van der Waals surface area contributed by atoms with Crippen LogP contribution < -0.4 is 5.73 Å². The van der Waals surface area contributed by atoms with Crippen LogP contribution in [0.1, 0.15) is 31.4 Å². The van der Waals surface area contributed by atoms with Crippen molar-refractivity contribution in [2.45, 2.75) is 32.7 Å². The van der Waals surface area contributed by atoms with Crippen molar-refractivity contribution in [2.75, 3.05) is 0 Å². The second kappa shape index (κ2) is 4.08. The third kappa shape index (κ3) is 2.31. The highest BCUT2D eigenvalue weighted by Crippen LogP contribution is 1.98. The molecule has 0 spiro atoms. The molecule has 1 rings (SSSR count). The van der Waals surface area contributed by atoms with Crippen LogP contribution in [-0.2, 0) is 13.0 Å². The van der Waals surface area contributed by atoms with Crippen molar-refractivity contribution in [1.82, 2.24) is 15.2 Å². The lowest BCUT2D eigenvalue weighted by Crippen LogP contribution is -1.98. The fourth-order valence-electron chi connectivity index (χ4n) is 0.873. The number of aryl methyl sites for hydroxylation is 1. The van der Waals surface area contributed by atoms with Gasteiger partial charge in [0.15, 0.2) is 5.82 Å². The molecule has 1 aromatic rings. The van der Waals surface area contributed by atoms with Crippen molar-refractivity contribution in [3.8, 4) is 0 Å². The highest BCUT2D eigenvalue weighted by molar-refractivity contribution is 4.89. The summed E-state index contributed by atoms with van der Waals surface area (Å²) in [6, 6.07) is 0. The number of hydrogen-bond acceptors (Lipinski definition) is 3. The molecule has 3 N–H and O–H groups in total. The number of nitrogens with two attached hydrogens (primary N) is 1. The molecule has 0 aromatic carbocycles. The molecule has 1 aromatic heterocycles. The molecule has 0 aliphatic heterocycles. The molecule has 0 saturated carbocycles. The zero-order valence-corrected chi connectivity index (χ0v) is 6.80. The summed E-state index contributed by atoms with van der Waals surface area (Å²) in [5, 5.41) is 6.79. The first kappa shape index (κ1) is 8.20. The summed E-state index contributed by atoms with van der Waals surface area (Å²) in [7, 11) is 0. The van der Waals surface area contributed by atoms with E-state index in [0.29, 0.717) is 6.54 Å². The largest absolute Gasteiger partial charge is 0.324 e. The monoisotopic (exact) mass is 154 g/mol. The summed E-state index contributed by atoms with van der Waals surface area (Å²) in [5.41, 5.74) is 5.36. The van der Waals surface area contributed by atoms with Gasteiger partial charge in [-0.15, -0.1) is 0 Å². The van der Waals surface area contributed by atoms with Gasteiger partial charge < -0.3 is 5.73 Å². The standard InChI is InChI=1S/C7H14N4/c1-2-3-4-6-9-7(5-8)11-10-6/h2-5,8H2,1H3,(H,9,10,11). The van der Waals surface area contributed by atoms with Crippen LogP contribution in [0.5, 0.6) is 0 Å². The van der Waals surface area contributed by atoms with Crippen molar-refractivity contribution in [3.63, 3.8) is 0 Å². The van der Waals surface area contributed by atoms with Crippen LogP contribution in [0.3, 0.4) is 0 Å². The first-order valence-corrected chi connectivity index (χ1v) is 3.97. The van der Waals surface area contributed by atoms with Gasteiger partial charge in [0.1, 0.15) is 5.82 Å². The zero-order valence-electron chi connectivity index (χ0n) is 6.80. The summed E-state index contributed by atoms with van der Waals surface area (Å²) in [5.74, 6) is 1.66. The van der Waals surface area contributed by atoms with Crippen molar-refractivity contribution >= 4 is 0 Å². The minimum Gasteiger partial charge on any atom is -0.324 e. The van der Waals surface area contributed by atoms with Gasteiger partial charge in [-0.1, -0.05) is 13.3 Å². The average molecular weight is 154 g/mol. The fraction of sp³-hybridized carbons (Fsp3) is 0.714. The van der Waals surface area contributed by atoms with E-state index in [-0.39, 0.29) is 0 Å². The molecule has 0 bridgehead atoms. The van der Waals surface area contributed by atoms with Gasteiger partial charge in [-0.3, -0.25) is 5.10 Å². The molecule has 62 valence electrons. The first-order valence-electron chi connectivity index (χ1n) is 3.97. The lowest BCUT2D eigenvalue weighted by Gasteiger charge is -1.88. The lowest BCUT2D eigenvalue weighted by molar-refractivity contribution is 0.755. The lowest BCUT2D eigenvalue weighted by atomic mass is 10.2. The van der Waals surface area contributed by atoms with Crippen LogP contribution in [-0.4, -0.2) is 15.2 Å².